The van der Waals surface area contributed by atoms with Crippen LogP contribution in [-0.4, -0.2) is 35.6 Å². The Morgan fingerprint density at radius 2 is 1.67 bits per heavy atom. The summed E-state index contributed by atoms with van der Waals surface area (Å²) in [5.74, 6) is -0.282. The molecule has 0 radical (unpaired) electrons. The minimum atomic E-state index is -0.666. The number of carbonyl (C=O) groups excluding carboxylic acids is 2. The fraction of sp³-hybridized carbons (Fsp3) is 0.263. The van der Waals surface area contributed by atoms with Crippen molar-refractivity contribution < 1.29 is 9.59 Å². The molecule has 4 nitrogen and oxygen atoms in total. The second-order valence-electron chi connectivity index (χ2n) is 5.75. The van der Waals surface area contributed by atoms with Crippen LogP contribution in [-0.2, 0) is 16.1 Å². The van der Waals surface area contributed by atoms with E-state index in [0.29, 0.717) is 20.6 Å². The smallest absolute Gasteiger partial charge is 0.242 e. The summed E-state index contributed by atoms with van der Waals surface area (Å²) in [5, 5.41) is 4.12. The first-order valence-corrected chi connectivity index (χ1v) is 10.3. The van der Waals surface area contributed by atoms with Crippen molar-refractivity contribution in [3.63, 3.8) is 0 Å². The van der Waals surface area contributed by atoms with Crippen LogP contribution in [0.4, 0.5) is 0 Å². The van der Waals surface area contributed by atoms with E-state index >= 15 is 0 Å². The Kier molecular flexibility index (Phi) is 8.29. The van der Waals surface area contributed by atoms with E-state index in [1.54, 1.807) is 37.3 Å². The normalized spacial score (nSPS) is 11.7. The lowest BCUT2D eigenvalue weighted by Gasteiger charge is -2.29. The van der Waals surface area contributed by atoms with E-state index in [4.69, 9.17) is 34.8 Å². The SMILES string of the molecule is CNC(=O)[C@@H](C)N(Cc1c(Cl)cccc1Cl)C(=O)CSc1ccc(Cl)cc1. The van der Waals surface area contributed by atoms with E-state index in [9.17, 15) is 9.59 Å². The molecule has 1 atom stereocenters. The van der Waals surface area contributed by atoms with Crippen LogP contribution in [0.3, 0.4) is 0 Å². The fourth-order valence-electron chi connectivity index (χ4n) is 2.40. The largest absolute Gasteiger partial charge is 0.357 e. The topological polar surface area (TPSA) is 49.4 Å². The molecule has 0 fully saturated rings. The predicted molar refractivity (Wildman–Crippen MR) is 113 cm³/mol. The van der Waals surface area contributed by atoms with Crippen LogP contribution < -0.4 is 5.32 Å². The second kappa shape index (κ2) is 10.2. The van der Waals surface area contributed by atoms with Crippen LogP contribution in [0.1, 0.15) is 12.5 Å². The number of nitrogens with one attached hydrogen (secondary N) is 1. The molecule has 2 aromatic carbocycles. The molecule has 2 amide bonds. The molecule has 27 heavy (non-hydrogen) atoms. The number of hydrogen-bond acceptors (Lipinski definition) is 3. The molecule has 0 aliphatic heterocycles. The molecule has 0 saturated heterocycles. The molecule has 2 aromatic rings. The Balaban J connectivity index is 2.19. The lowest BCUT2D eigenvalue weighted by Crippen LogP contribution is -2.47. The lowest BCUT2D eigenvalue weighted by atomic mass is 10.1. The molecular weight excluding hydrogens is 427 g/mol. The number of thioether (sulfide) groups is 1. The third kappa shape index (κ3) is 6.04. The van der Waals surface area contributed by atoms with Crippen LogP contribution in [0, 0.1) is 0 Å². The highest BCUT2D eigenvalue weighted by molar-refractivity contribution is 8.00. The van der Waals surface area contributed by atoms with E-state index in [1.165, 1.54) is 23.7 Å². The summed E-state index contributed by atoms with van der Waals surface area (Å²) < 4.78 is 0. The molecule has 2 rings (SSSR count). The van der Waals surface area contributed by atoms with Crippen molar-refractivity contribution in [1.82, 2.24) is 10.2 Å². The van der Waals surface area contributed by atoms with Crippen molar-refractivity contribution >= 4 is 58.4 Å². The van der Waals surface area contributed by atoms with Crippen LogP contribution in [0.25, 0.3) is 0 Å². The summed E-state index contributed by atoms with van der Waals surface area (Å²) in [5.41, 5.74) is 0.612. The molecule has 0 saturated carbocycles. The summed E-state index contributed by atoms with van der Waals surface area (Å²) in [6.07, 6.45) is 0. The maximum atomic E-state index is 12.9. The number of carbonyl (C=O) groups is 2. The van der Waals surface area contributed by atoms with Gasteiger partial charge in [0.1, 0.15) is 6.04 Å². The second-order valence-corrected chi connectivity index (χ2v) is 8.05. The average Bonchev–Trinajstić information content (AvgIpc) is 2.66. The third-order valence-corrected chi connectivity index (χ3v) is 5.94. The number of rotatable bonds is 7. The van der Waals surface area contributed by atoms with Crippen molar-refractivity contribution in [3.05, 3.63) is 63.1 Å². The number of amides is 2. The minimum Gasteiger partial charge on any atom is -0.357 e. The average molecular weight is 446 g/mol. The molecule has 0 aromatic heterocycles. The first kappa shape index (κ1) is 21.9. The molecule has 1 N–H and O–H groups in total. The van der Waals surface area contributed by atoms with Gasteiger partial charge >= 0.3 is 0 Å². The summed E-state index contributed by atoms with van der Waals surface area (Å²) in [6, 6.07) is 11.7. The van der Waals surface area contributed by atoms with E-state index in [0.717, 1.165) is 4.90 Å². The summed E-state index contributed by atoms with van der Waals surface area (Å²) in [6.45, 7) is 1.82. The monoisotopic (exact) mass is 444 g/mol. The van der Waals surface area contributed by atoms with E-state index < -0.39 is 6.04 Å². The van der Waals surface area contributed by atoms with Gasteiger partial charge in [0.15, 0.2) is 0 Å². The number of likely N-dealkylation sites (N-methyl/N-ethyl adjacent to an activating group) is 1. The zero-order valence-electron chi connectivity index (χ0n) is 14.8. The molecule has 0 unspecified atom stereocenters. The summed E-state index contributed by atoms with van der Waals surface area (Å²) in [4.78, 5) is 27.4. The fourth-order valence-corrected chi connectivity index (χ4v) is 3.83. The number of hydrogen-bond donors (Lipinski definition) is 1. The van der Waals surface area contributed by atoms with Crippen molar-refractivity contribution in [2.45, 2.75) is 24.4 Å². The van der Waals surface area contributed by atoms with Gasteiger partial charge in [0.25, 0.3) is 0 Å². The quantitative estimate of drug-likeness (QED) is 0.617. The van der Waals surface area contributed by atoms with Crippen molar-refractivity contribution in [1.29, 1.82) is 0 Å². The first-order chi connectivity index (χ1) is 12.8. The summed E-state index contributed by atoms with van der Waals surface area (Å²) >= 11 is 19.7. The number of nitrogens with zero attached hydrogens (tertiary/aromatic N) is 1. The number of benzene rings is 2. The maximum absolute atomic E-state index is 12.9. The van der Waals surface area contributed by atoms with E-state index in [-0.39, 0.29) is 24.1 Å². The highest BCUT2D eigenvalue weighted by atomic mass is 35.5. The van der Waals surface area contributed by atoms with Gasteiger partial charge in [0, 0.05) is 39.1 Å². The highest BCUT2D eigenvalue weighted by Gasteiger charge is 2.26. The molecule has 144 valence electrons. The first-order valence-electron chi connectivity index (χ1n) is 8.15. The zero-order valence-corrected chi connectivity index (χ0v) is 17.9. The molecule has 8 heteroatoms. The maximum Gasteiger partial charge on any atom is 0.242 e. The lowest BCUT2D eigenvalue weighted by molar-refractivity contribution is -0.138. The Bertz CT molecular complexity index is 795. The van der Waals surface area contributed by atoms with Gasteiger partial charge in [-0.15, -0.1) is 11.8 Å². The van der Waals surface area contributed by atoms with Crippen LogP contribution in [0.2, 0.25) is 15.1 Å². The summed E-state index contributed by atoms with van der Waals surface area (Å²) in [7, 11) is 1.53. The van der Waals surface area contributed by atoms with Crippen LogP contribution in [0.5, 0.6) is 0 Å². The van der Waals surface area contributed by atoms with Gasteiger partial charge in [-0.25, -0.2) is 0 Å². The Labute approximate surface area is 178 Å². The molecule has 0 heterocycles. The predicted octanol–water partition coefficient (Wildman–Crippen LogP) is 4.90. The van der Waals surface area contributed by atoms with Gasteiger partial charge in [0.05, 0.1) is 5.75 Å². The van der Waals surface area contributed by atoms with Gasteiger partial charge in [-0.1, -0.05) is 40.9 Å². The third-order valence-electron chi connectivity index (χ3n) is 3.98. The Morgan fingerprint density at radius 1 is 1.07 bits per heavy atom. The van der Waals surface area contributed by atoms with Crippen molar-refractivity contribution in [2.24, 2.45) is 0 Å². The van der Waals surface area contributed by atoms with E-state index in [2.05, 4.69) is 5.32 Å². The van der Waals surface area contributed by atoms with Crippen molar-refractivity contribution in [2.75, 3.05) is 12.8 Å². The Morgan fingerprint density at radius 3 is 2.22 bits per heavy atom. The standard InChI is InChI=1S/C19H19Cl3N2O2S/c1-12(19(26)23-2)24(10-15-16(21)4-3-5-17(15)22)18(25)11-27-14-8-6-13(20)7-9-14/h3-9,12H,10-11H2,1-2H3,(H,23,26)/t12-/m1/s1. The van der Waals surface area contributed by atoms with Crippen LogP contribution >= 0.6 is 46.6 Å². The van der Waals surface area contributed by atoms with Gasteiger partial charge in [0.2, 0.25) is 11.8 Å². The molecule has 0 aliphatic carbocycles. The molecular formula is C19H19Cl3N2O2S. The molecule has 0 bridgehead atoms. The van der Waals surface area contributed by atoms with E-state index in [1.807, 2.05) is 12.1 Å². The molecule has 0 spiro atoms. The highest BCUT2D eigenvalue weighted by Crippen LogP contribution is 2.27. The van der Waals surface area contributed by atoms with Crippen molar-refractivity contribution in [3.8, 4) is 0 Å². The van der Waals surface area contributed by atoms with Gasteiger partial charge in [-0.2, -0.15) is 0 Å². The van der Waals surface area contributed by atoms with Gasteiger partial charge in [-0.3, -0.25) is 9.59 Å². The van der Waals surface area contributed by atoms with Gasteiger partial charge < -0.3 is 10.2 Å². The van der Waals surface area contributed by atoms with Crippen LogP contribution in [0.15, 0.2) is 47.4 Å². The Hall–Kier alpha value is -1.40. The number of halogens is 3. The van der Waals surface area contributed by atoms with Gasteiger partial charge in [-0.05, 0) is 43.3 Å². The molecule has 0 aliphatic rings. The minimum absolute atomic E-state index is 0.146. The zero-order chi connectivity index (χ0) is 20.0.